The number of para-hydroxylation sites is 1. The molecule has 0 unspecified atom stereocenters. The Hall–Kier alpha value is -1.57. The van der Waals surface area contributed by atoms with Gasteiger partial charge < -0.3 is 10.6 Å². The van der Waals surface area contributed by atoms with Crippen molar-refractivity contribution >= 4 is 29.9 Å². The molecule has 0 spiro atoms. The number of unbranched alkanes of at least 4 members (excludes halogenated alkanes) is 2. The predicted molar refractivity (Wildman–Crippen MR) is 107 cm³/mol. The third kappa shape index (κ3) is 6.60. The number of nitrogens with zero attached hydrogens (tertiary/aromatic N) is 3. The third-order valence-electron chi connectivity index (χ3n) is 3.41. The summed E-state index contributed by atoms with van der Waals surface area (Å²) < 4.78 is 1.88. The van der Waals surface area contributed by atoms with Gasteiger partial charge in [-0.15, -0.1) is 24.0 Å². The van der Waals surface area contributed by atoms with Crippen LogP contribution >= 0.6 is 24.0 Å². The van der Waals surface area contributed by atoms with Crippen molar-refractivity contribution in [3.8, 4) is 5.69 Å². The molecule has 2 N–H and O–H groups in total. The molecule has 0 aliphatic rings. The van der Waals surface area contributed by atoms with Gasteiger partial charge in [0, 0.05) is 31.9 Å². The molecule has 0 bridgehead atoms. The maximum atomic E-state index is 4.39. The van der Waals surface area contributed by atoms with Gasteiger partial charge in [-0.1, -0.05) is 38.0 Å². The normalized spacial score (nSPS) is 11.0. The van der Waals surface area contributed by atoms with E-state index in [0.717, 1.165) is 23.8 Å². The van der Waals surface area contributed by atoms with E-state index in [2.05, 4.69) is 27.6 Å². The summed E-state index contributed by atoms with van der Waals surface area (Å²) in [6.45, 7) is 3.87. The quantitative estimate of drug-likeness (QED) is 0.309. The van der Waals surface area contributed by atoms with Crippen molar-refractivity contribution in [3.05, 3.63) is 48.3 Å². The van der Waals surface area contributed by atoms with Gasteiger partial charge in [-0.05, 0) is 18.6 Å². The lowest BCUT2D eigenvalue weighted by Crippen LogP contribution is -2.37. The maximum Gasteiger partial charge on any atom is 0.191 e. The zero-order chi connectivity index (χ0) is 15.6. The van der Waals surface area contributed by atoms with E-state index in [1.807, 2.05) is 47.4 Å². The largest absolute Gasteiger partial charge is 0.356 e. The second-order valence-electron chi connectivity index (χ2n) is 5.19. The molecule has 0 saturated heterocycles. The summed E-state index contributed by atoms with van der Waals surface area (Å²) in [4.78, 5) is 4.23. The van der Waals surface area contributed by atoms with Crippen LogP contribution in [-0.2, 0) is 6.54 Å². The Morgan fingerprint density at radius 2 is 1.96 bits per heavy atom. The average molecular weight is 427 g/mol. The summed E-state index contributed by atoms with van der Waals surface area (Å²) in [5, 5.41) is 11.0. The van der Waals surface area contributed by atoms with Crippen molar-refractivity contribution in [1.29, 1.82) is 0 Å². The van der Waals surface area contributed by atoms with Crippen LogP contribution in [0.2, 0.25) is 0 Å². The molecule has 1 heterocycles. The Kier molecular flexibility index (Phi) is 9.35. The average Bonchev–Trinajstić information content (AvgIpc) is 3.04. The van der Waals surface area contributed by atoms with Crippen LogP contribution in [0.1, 0.15) is 31.7 Å². The van der Waals surface area contributed by atoms with E-state index in [9.17, 15) is 0 Å². The molecule has 1 aromatic heterocycles. The summed E-state index contributed by atoms with van der Waals surface area (Å²) in [6, 6.07) is 10.1. The highest BCUT2D eigenvalue weighted by molar-refractivity contribution is 14.0. The molecule has 1 aromatic carbocycles. The highest BCUT2D eigenvalue weighted by Gasteiger charge is 2.02. The van der Waals surface area contributed by atoms with E-state index in [4.69, 9.17) is 0 Å². The van der Waals surface area contributed by atoms with Crippen molar-refractivity contribution in [2.75, 3.05) is 13.6 Å². The second kappa shape index (κ2) is 11.0. The number of benzene rings is 1. The Labute approximate surface area is 155 Å². The second-order valence-corrected chi connectivity index (χ2v) is 5.19. The number of halogens is 1. The van der Waals surface area contributed by atoms with E-state index in [1.165, 1.54) is 19.3 Å². The Morgan fingerprint density at radius 3 is 2.65 bits per heavy atom. The molecule has 23 heavy (non-hydrogen) atoms. The van der Waals surface area contributed by atoms with E-state index in [0.29, 0.717) is 6.54 Å². The minimum atomic E-state index is 0. The lowest BCUT2D eigenvalue weighted by Gasteiger charge is -2.10. The van der Waals surface area contributed by atoms with Crippen molar-refractivity contribution in [3.63, 3.8) is 0 Å². The van der Waals surface area contributed by atoms with Crippen molar-refractivity contribution < 1.29 is 0 Å². The van der Waals surface area contributed by atoms with Crippen LogP contribution in [0.5, 0.6) is 0 Å². The summed E-state index contributed by atoms with van der Waals surface area (Å²) >= 11 is 0. The third-order valence-corrected chi connectivity index (χ3v) is 3.41. The number of nitrogens with one attached hydrogen (secondary N) is 2. The van der Waals surface area contributed by atoms with Crippen LogP contribution in [-0.4, -0.2) is 29.3 Å². The summed E-state index contributed by atoms with van der Waals surface area (Å²) in [6.07, 6.45) is 7.56. The highest BCUT2D eigenvalue weighted by atomic mass is 127. The van der Waals surface area contributed by atoms with Crippen molar-refractivity contribution in [2.45, 2.75) is 32.7 Å². The van der Waals surface area contributed by atoms with E-state index in [1.54, 1.807) is 7.05 Å². The van der Waals surface area contributed by atoms with Crippen LogP contribution in [0.4, 0.5) is 0 Å². The SMILES string of the molecule is CCCCCNC(=NC)NCc1cnn(-c2ccccc2)c1.I. The molecular formula is C17H26IN5. The van der Waals surface area contributed by atoms with Gasteiger partial charge in [-0.25, -0.2) is 4.68 Å². The molecule has 126 valence electrons. The molecule has 2 aromatic rings. The molecular weight excluding hydrogens is 401 g/mol. The molecule has 0 fully saturated rings. The molecule has 0 atom stereocenters. The summed E-state index contributed by atoms with van der Waals surface area (Å²) in [5.74, 6) is 0.837. The van der Waals surface area contributed by atoms with Gasteiger partial charge in [0.15, 0.2) is 5.96 Å². The fourth-order valence-electron chi connectivity index (χ4n) is 2.16. The molecule has 5 nitrogen and oxygen atoms in total. The lowest BCUT2D eigenvalue weighted by atomic mass is 10.2. The van der Waals surface area contributed by atoms with E-state index in [-0.39, 0.29) is 24.0 Å². The van der Waals surface area contributed by atoms with Gasteiger partial charge in [0.2, 0.25) is 0 Å². The fourth-order valence-corrected chi connectivity index (χ4v) is 2.16. The number of hydrogen-bond donors (Lipinski definition) is 2. The molecule has 0 amide bonds. The Balaban J connectivity index is 0.00000264. The smallest absolute Gasteiger partial charge is 0.191 e. The van der Waals surface area contributed by atoms with Gasteiger partial charge in [0.1, 0.15) is 0 Å². The zero-order valence-corrected chi connectivity index (χ0v) is 16.2. The van der Waals surface area contributed by atoms with Gasteiger partial charge in [0.25, 0.3) is 0 Å². The van der Waals surface area contributed by atoms with Gasteiger partial charge in [-0.3, -0.25) is 4.99 Å². The first-order valence-corrected chi connectivity index (χ1v) is 7.87. The molecule has 2 rings (SSSR count). The first kappa shape index (κ1) is 19.5. The lowest BCUT2D eigenvalue weighted by molar-refractivity contribution is 0.683. The predicted octanol–water partition coefficient (Wildman–Crippen LogP) is 3.35. The first-order valence-electron chi connectivity index (χ1n) is 7.87. The standard InChI is InChI=1S/C17H25N5.HI/c1-3-4-8-11-19-17(18-2)20-12-15-13-21-22(14-15)16-9-6-5-7-10-16;/h5-7,9-10,13-14H,3-4,8,11-12H2,1-2H3,(H2,18,19,20);1H. The van der Waals surface area contributed by atoms with Crippen LogP contribution in [0, 0.1) is 0 Å². The van der Waals surface area contributed by atoms with Crippen LogP contribution in [0.15, 0.2) is 47.7 Å². The Bertz CT molecular complexity index is 580. The van der Waals surface area contributed by atoms with Crippen LogP contribution in [0.25, 0.3) is 5.69 Å². The number of rotatable bonds is 7. The number of guanidine groups is 1. The molecule has 0 aliphatic carbocycles. The first-order chi connectivity index (χ1) is 10.8. The van der Waals surface area contributed by atoms with Gasteiger partial charge >= 0.3 is 0 Å². The van der Waals surface area contributed by atoms with E-state index >= 15 is 0 Å². The molecule has 0 saturated carbocycles. The highest BCUT2D eigenvalue weighted by Crippen LogP contribution is 2.07. The minimum Gasteiger partial charge on any atom is -0.356 e. The number of aliphatic imine (C=N–C) groups is 1. The zero-order valence-electron chi connectivity index (χ0n) is 13.8. The maximum absolute atomic E-state index is 4.39. The molecule has 6 heteroatoms. The summed E-state index contributed by atoms with van der Waals surface area (Å²) in [5.41, 5.74) is 2.19. The van der Waals surface area contributed by atoms with Gasteiger partial charge in [-0.2, -0.15) is 5.10 Å². The fraction of sp³-hybridized carbons (Fsp3) is 0.412. The number of aromatic nitrogens is 2. The monoisotopic (exact) mass is 427 g/mol. The van der Waals surface area contributed by atoms with Gasteiger partial charge in [0.05, 0.1) is 11.9 Å². The van der Waals surface area contributed by atoms with Crippen LogP contribution < -0.4 is 10.6 Å². The topological polar surface area (TPSA) is 54.2 Å². The van der Waals surface area contributed by atoms with E-state index < -0.39 is 0 Å². The number of hydrogen-bond acceptors (Lipinski definition) is 2. The van der Waals surface area contributed by atoms with Crippen LogP contribution in [0.3, 0.4) is 0 Å². The van der Waals surface area contributed by atoms with Crippen molar-refractivity contribution in [1.82, 2.24) is 20.4 Å². The van der Waals surface area contributed by atoms with Crippen molar-refractivity contribution in [2.24, 2.45) is 4.99 Å². The Morgan fingerprint density at radius 1 is 1.17 bits per heavy atom. The minimum absolute atomic E-state index is 0. The molecule has 0 aliphatic heterocycles. The summed E-state index contributed by atoms with van der Waals surface area (Å²) in [7, 11) is 1.79. The molecule has 0 radical (unpaired) electrons.